The van der Waals surface area contributed by atoms with Crippen molar-refractivity contribution in [1.82, 2.24) is 9.13 Å². The molecule has 14 rings (SSSR count). The zero-order chi connectivity index (χ0) is 52.1. The summed E-state index contributed by atoms with van der Waals surface area (Å²) in [6.07, 6.45) is 13.6. The lowest BCUT2D eigenvalue weighted by atomic mass is 9.90. The van der Waals surface area contributed by atoms with Gasteiger partial charge in [0.2, 0.25) is 0 Å². The normalized spacial score (nSPS) is 14.5. The number of para-hydroxylation sites is 3. The molecule has 0 fully saturated rings. The minimum atomic E-state index is 0.162. The molecule has 0 radical (unpaired) electrons. The van der Waals surface area contributed by atoms with Gasteiger partial charge in [-0.1, -0.05) is 135 Å². The van der Waals surface area contributed by atoms with Gasteiger partial charge in [-0.2, -0.15) is 0 Å². The molecule has 0 spiro atoms. The minimum absolute atomic E-state index is 0.162. The van der Waals surface area contributed by atoms with E-state index in [0.29, 0.717) is 0 Å². The van der Waals surface area contributed by atoms with Crippen molar-refractivity contribution in [1.29, 1.82) is 0 Å². The van der Waals surface area contributed by atoms with Gasteiger partial charge in [0, 0.05) is 67.3 Å². The van der Waals surface area contributed by atoms with E-state index in [1.165, 1.54) is 89.6 Å². The molecule has 78 heavy (non-hydrogen) atoms. The Labute approximate surface area is 454 Å². The summed E-state index contributed by atoms with van der Waals surface area (Å²) in [6, 6.07) is 83.8. The number of nitrogens with zero attached hydrogens (tertiary/aromatic N) is 4. The lowest BCUT2D eigenvalue weighted by Gasteiger charge is -2.30. The Balaban J connectivity index is 0.831. The van der Waals surface area contributed by atoms with Crippen molar-refractivity contribution in [2.75, 3.05) is 9.80 Å². The second kappa shape index (κ2) is 19.6. The number of rotatable bonds is 14. The lowest BCUT2D eigenvalue weighted by Crippen LogP contribution is -2.28. The second-order valence-corrected chi connectivity index (χ2v) is 20.2. The van der Waals surface area contributed by atoms with Crippen molar-refractivity contribution in [3.8, 4) is 22.9 Å². The first kappa shape index (κ1) is 46.5. The summed E-state index contributed by atoms with van der Waals surface area (Å²) in [5, 5.41) is 4.94. The van der Waals surface area contributed by atoms with Crippen LogP contribution in [0.15, 0.2) is 281 Å². The molecule has 12 aromatic rings. The summed E-state index contributed by atoms with van der Waals surface area (Å²) in [6.45, 7) is 7.48. The highest BCUT2D eigenvalue weighted by Crippen LogP contribution is 2.49. The zero-order valence-corrected chi connectivity index (χ0v) is 43.0. The summed E-state index contributed by atoms with van der Waals surface area (Å²) < 4.78 is 16.0. The lowest BCUT2D eigenvalue weighted by molar-refractivity contribution is 0.482. The molecule has 2 unspecified atom stereocenters. The van der Waals surface area contributed by atoms with E-state index in [1.54, 1.807) is 0 Å². The molecule has 6 nitrogen and oxygen atoms in total. The molecule has 3 heterocycles. The van der Waals surface area contributed by atoms with E-state index >= 15 is 0 Å². The van der Waals surface area contributed by atoms with Crippen molar-refractivity contribution < 1.29 is 9.47 Å². The molecule has 0 saturated carbocycles. The van der Waals surface area contributed by atoms with E-state index in [-0.39, 0.29) is 12.0 Å². The van der Waals surface area contributed by atoms with Gasteiger partial charge >= 0.3 is 0 Å². The van der Waals surface area contributed by atoms with Crippen LogP contribution in [0.25, 0.3) is 55.0 Å². The predicted molar refractivity (Wildman–Crippen MR) is 323 cm³/mol. The van der Waals surface area contributed by atoms with Crippen molar-refractivity contribution in [2.24, 2.45) is 0 Å². The van der Waals surface area contributed by atoms with Gasteiger partial charge in [0.15, 0.2) is 0 Å². The van der Waals surface area contributed by atoms with E-state index < -0.39 is 0 Å². The highest BCUT2D eigenvalue weighted by molar-refractivity contribution is 6.10. The van der Waals surface area contributed by atoms with E-state index in [0.717, 1.165) is 58.5 Å². The third-order valence-electron chi connectivity index (χ3n) is 15.6. The topological polar surface area (TPSA) is 34.8 Å². The van der Waals surface area contributed by atoms with E-state index in [9.17, 15) is 0 Å². The van der Waals surface area contributed by atoms with Crippen LogP contribution in [-0.4, -0.2) is 15.2 Å². The Kier molecular flexibility index (Phi) is 11.7. The van der Waals surface area contributed by atoms with Crippen LogP contribution in [0.2, 0.25) is 0 Å². The molecule has 10 aromatic carbocycles. The van der Waals surface area contributed by atoms with Crippen molar-refractivity contribution in [2.45, 2.75) is 24.8 Å². The first-order chi connectivity index (χ1) is 38.6. The number of hydrogen-bond acceptors (Lipinski definition) is 4. The maximum Gasteiger partial charge on any atom is 0.126 e. The maximum absolute atomic E-state index is 5.61. The van der Waals surface area contributed by atoms with Crippen LogP contribution < -0.4 is 19.3 Å². The van der Waals surface area contributed by atoms with Gasteiger partial charge in [0.25, 0.3) is 0 Å². The maximum atomic E-state index is 5.61. The highest BCUT2D eigenvalue weighted by atomic mass is 16.5. The van der Waals surface area contributed by atoms with Crippen molar-refractivity contribution in [3.63, 3.8) is 0 Å². The third-order valence-corrected chi connectivity index (χ3v) is 15.6. The summed E-state index contributed by atoms with van der Waals surface area (Å²) >= 11 is 0. The number of hydrogen-bond donors (Lipinski definition) is 0. The van der Waals surface area contributed by atoms with Crippen LogP contribution in [0.4, 0.5) is 28.4 Å². The van der Waals surface area contributed by atoms with Gasteiger partial charge < -0.3 is 28.4 Å². The van der Waals surface area contributed by atoms with Gasteiger partial charge in [0.1, 0.15) is 11.5 Å². The quantitative estimate of drug-likeness (QED) is 0.102. The molecule has 1 aliphatic heterocycles. The van der Waals surface area contributed by atoms with Crippen LogP contribution >= 0.6 is 0 Å². The zero-order valence-electron chi connectivity index (χ0n) is 43.0. The number of allylic oxidation sites excluding steroid dienone is 2. The van der Waals surface area contributed by atoms with E-state index in [1.807, 2.05) is 24.3 Å². The Morgan fingerprint density at radius 2 is 0.846 bits per heavy atom. The molecule has 0 N–H and O–H groups in total. The number of anilines is 5. The largest absolute Gasteiger partial charge is 0.466 e. The third kappa shape index (κ3) is 8.22. The van der Waals surface area contributed by atoms with Gasteiger partial charge in [-0.15, -0.1) is 0 Å². The number of ether oxygens (including phenoxy) is 2. The smallest absolute Gasteiger partial charge is 0.126 e. The van der Waals surface area contributed by atoms with Crippen molar-refractivity contribution >= 4 is 72.0 Å². The predicted octanol–water partition coefficient (Wildman–Crippen LogP) is 18.3. The second-order valence-electron chi connectivity index (χ2n) is 20.2. The van der Waals surface area contributed by atoms with Crippen LogP contribution in [0.3, 0.4) is 0 Å². The molecular weight excluding hydrogens is 953 g/mol. The molecule has 2 aromatic heterocycles. The Morgan fingerprint density at radius 3 is 1.38 bits per heavy atom. The average Bonchev–Trinajstić information content (AvgIpc) is 4.30. The fraction of sp³-hybridized carbons (Fsp3) is 0.0556. The standard InChI is InChI=1S/C72H54N4O2/c1-3-77-59-17-13-15-49(45-59)43-51-27-41-71-65(47-51)63-21-7-11-25-69(63)75(71)57-37-31-54(32-38-57)73(53-29-35-56(36-30-53)74-67-23-9-5-19-61(67)62-20-6-10-24-68(62)74)55-33-39-58(40-34-55)76-70-26-12-8-22-64(70)66-48-52(28-42-72(66)76)44-50-16-14-18-60(46-50)78-4-2/h3-42,45-48,63,69H,1-2,43-44H2. The first-order valence-electron chi connectivity index (χ1n) is 26.7. The fourth-order valence-corrected chi connectivity index (χ4v) is 12.2. The molecule has 0 saturated heterocycles. The van der Waals surface area contributed by atoms with Crippen LogP contribution in [0, 0.1) is 0 Å². The molecular formula is C72H54N4O2. The summed E-state index contributed by atoms with van der Waals surface area (Å²) in [4.78, 5) is 4.89. The van der Waals surface area contributed by atoms with E-state index in [2.05, 4.69) is 263 Å². The molecule has 2 atom stereocenters. The molecule has 0 amide bonds. The van der Waals surface area contributed by atoms with E-state index in [4.69, 9.17) is 9.47 Å². The average molecular weight is 1010 g/mol. The molecule has 374 valence electrons. The van der Waals surface area contributed by atoms with Gasteiger partial charge in [-0.05, 0) is 174 Å². The van der Waals surface area contributed by atoms with Gasteiger partial charge in [-0.25, -0.2) is 0 Å². The SMILES string of the molecule is C=COc1cccc(Cc2ccc3c(c2)C2C=CC=CC2N3c2ccc(N(c3ccc(-n4c5ccccc5c5ccccc54)cc3)c3ccc(-n4c5ccccc5c5cc(Cc6cccc(OC=C)c6)ccc54)cc3)cc2)c1. The molecule has 2 aliphatic rings. The molecule has 0 bridgehead atoms. The van der Waals surface area contributed by atoms with Crippen molar-refractivity contribution in [3.05, 3.63) is 308 Å². The molecule has 1 aliphatic carbocycles. The van der Waals surface area contributed by atoms with Gasteiger partial charge in [-0.3, -0.25) is 0 Å². The minimum Gasteiger partial charge on any atom is -0.466 e. The number of fused-ring (bicyclic) bond motifs is 9. The number of benzene rings is 10. The molecule has 6 heteroatoms. The monoisotopic (exact) mass is 1010 g/mol. The fourth-order valence-electron chi connectivity index (χ4n) is 12.2. The van der Waals surface area contributed by atoms with Crippen LogP contribution in [0.1, 0.15) is 33.7 Å². The first-order valence-corrected chi connectivity index (χ1v) is 26.7. The Morgan fingerprint density at radius 1 is 0.397 bits per heavy atom. The summed E-state index contributed by atoms with van der Waals surface area (Å²) in [7, 11) is 0. The van der Waals surface area contributed by atoms with Crippen LogP contribution in [0.5, 0.6) is 11.5 Å². The highest BCUT2D eigenvalue weighted by Gasteiger charge is 2.37. The Bertz CT molecular complexity index is 4280. The van der Waals surface area contributed by atoms with Crippen LogP contribution in [-0.2, 0) is 12.8 Å². The Hall–Kier alpha value is -10.0. The van der Waals surface area contributed by atoms with Gasteiger partial charge in [0.05, 0.1) is 40.6 Å². The summed E-state index contributed by atoms with van der Waals surface area (Å²) in [5.74, 6) is 1.83. The summed E-state index contributed by atoms with van der Waals surface area (Å²) in [5.41, 5.74) is 18.7. The number of aromatic nitrogens is 2.